The standard InChI is InChI=1S/C16H24ClNO2/c1-6-20-15-9-14(16(15,3)4)18-12-7-10(2)11(17)8-13(12)19-5/h7-8,14-15,18H,6,9H2,1-5H3. The molecule has 0 saturated heterocycles. The Balaban J connectivity index is 2.14. The van der Waals surface area contributed by atoms with Crippen LogP contribution in [-0.4, -0.2) is 25.9 Å². The van der Waals surface area contributed by atoms with E-state index in [1.165, 1.54) is 0 Å². The second-order valence-corrected chi connectivity index (χ2v) is 6.41. The highest BCUT2D eigenvalue weighted by Crippen LogP contribution is 2.45. The van der Waals surface area contributed by atoms with Gasteiger partial charge in [0.05, 0.1) is 18.9 Å². The molecule has 0 heterocycles. The highest BCUT2D eigenvalue weighted by atomic mass is 35.5. The number of ether oxygens (including phenoxy) is 2. The van der Waals surface area contributed by atoms with E-state index in [-0.39, 0.29) is 5.41 Å². The summed E-state index contributed by atoms with van der Waals surface area (Å²) < 4.78 is 11.2. The van der Waals surface area contributed by atoms with Crippen LogP contribution in [0.25, 0.3) is 0 Å². The van der Waals surface area contributed by atoms with Crippen LogP contribution in [-0.2, 0) is 4.74 Å². The minimum atomic E-state index is 0.120. The molecule has 0 aliphatic heterocycles. The summed E-state index contributed by atoms with van der Waals surface area (Å²) in [4.78, 5) is 0. The molecule has 112 valence electrons. The van der Waals surface area contributed by atoms with E-state index >= 15 is 0 Å². The Hall–Kier alpha value is -0.930. The van der Waals surface area contributed by atoms with Crippen LogP contribution in [0.3, 0.4) is 0 Å². The predicted molar refractivity (Wildman–Crippen MR) is 84.0 cm³/mol. The van der Waals surface area contributed by atoms with Crippen LogP contribution in [0.1, 0.15) is 32.8 Å². The van der Waals surface area contributed by atoms with Crippen molar-refractivity contribution in [3.63, 3.8) is 0 Å². The van der Waals surface area contributed by atoms with Gasteiger partial charge in [-0.1, -0.05) is 25.4 Å². The quantitative estimate of drug-likeness (QED) is 0.880. The van der Waals surface area contributed by atoms with Gasteiger partial charge in [0.2, 0.25) is 0 Å². The molecule has 1 aromatic carbocycles. The number of aryl methyl sites for hydroxylation is 1. The lowest BCUT2D eigenvalue weighted by atomic mass is 9.64. The Bertz CT molecular complexity index is 488. The molecule has 2 rings (SSSR count). The fourth-order valence-corrected chi connectivity index (χ4v) is 2.90. The Morgan fingerprint density at radius 3 is 2.65 bits per heavy atom. The highest BCUT2D eigenvalue weighted by Gasteiger charge is 2.49. The van der Waals surface area contributed by atoms with E-state index in [4.69, 9.17) is 21.1 Å². The minimum Gasteiger partial charge on any atom is -0.495 e. The van der Waals surface area contributed by atoms with Crippen molar-refractivity contribution in [3.05, 3.63) is 22.7 Å². The van der Waals surface area contributed by atoms with Crippen molar-refractivity contribution in [1.82, 2.24) is 0 Å². The maximum atomic E-state index is 6.14. The predicted octanol–water partition coefficient (Wildman–Crippen LogP) is 4.27. The highest BCUT2D eigenvalue weighted by molar-refractivity contribution is 6.31. The first-order valence-electron chi connectivity index (χ1n) is 7.12. The van der Waals surface area contributed by atoms with Gasteiger partial charge in [0.15, 0.2) is 0 Å². The van der Waals surface area contributed by atoms with Crippen molar-refractivity contribution >= 4 is 17.3 Å². The van der Waals surface area contributed by atoms with Crippen LogP contribution >= 0.6 is 11.6 Å². The summed E-state index contributed by atoms with van der Waals surface area (Å²) in [5, 5.41) is 4.31. The molecule has 1 fully saturated rings. The average molecular weight is 298 g/mol. The summed E-state index contributed by atoms with van der Waals surface area (Å²) in [7, 11) is 1.67. The smallest absolute Gasteiger partial charge is 0.143 e. The maximum absolute atomic E-state index is 6.14. The average Bonchev–Trinajstić information content (AvgIpc) is 2.41. The van der Waals surface area contributed by atoms with Gasteiger partial charge in [-0.05, 0) is 31.9 Å². The van der Waals surface area contributed by atoms with E-state index in [9.17, 15) is 0 Å². The molecular weight excluding hydrogens is 274 g/mol. The molecule has 0 radical (unpaired) electrons. The molecule has 1 aromatic rings. The molecule has 2 unspecified atom stereocenters. The molecule has 20 heavy (non-hydrogen) atoms. The molecule has 3 nitrogen and oxygen atoms in total. The molecule has 0 bridgehead atoms. The minimum absolute atomic E-state index is 0.120. The first-order chi connectivity index (χ1) is 9.40. The molecule has 0 spiro atoms. The zero-order valence-corrected chi connectivity index (χ0v) is 13.7. The number of hydrogen-bond acceptors (Lipinski definition) is 3. The molecule has 0 amide bonds. The molecular formula is C16H24ClNO2. The van der Waals surface area contributed by atoms with Crippen LogP contribution in [0.4, 0.5) is 5.69 Å². The van der Waals surface area contributed by atoms with Gasteiger partial charge in [-0.2, -0.15) is 0 Å². The van der Waals surface area contributed by atoms with Gasteiger partial charge in [0.1, 0.15) is 5.75 Å². The first kappa shape index (κ1) is 15.5. The normalized spacial score (nSPS) is 24.1. The van der Waals surface area contributed by atoms with Gasteiger partial charge in [-0.3, -0.25) is 0 Å². The maximum Gasteiger partial charge on any atom is 0.143 e. The molecule has 2 atom stereocenters. The van der Waals surface area contributed by atoms with E-state index in [1.807, 2.05) is 26.0 Å². The van der Waals surface area contributed by atoms with Crippen molar-refractivity contribution in [3.8, 4) is 5.75 Å². The number of hydrogen-bond donors (Lipinski definition) is 1. The van der Waals surface area contributed by atoms with Crippen LogP contribution < -0.4 is 10.1 Å². The molecule has 1 aliphatic rings. The third-order valence-electron chi connectivity index (χ3n) is 4.36. The first-order valence-corrected chi connectivity index (χ1v) is 7.50. The molecule has 1 aliphatic carbocycles. The van der Waals surface area contributed by atoms with E-state index in [1.54, 1.807) is 7.11 Å². The van der Waals surface area contributed by atoms with Crippen molar-refractivity contribution in [1.29, 1.82) is 0 Å². The number of benzene rings is 1. The topological polar surface area (TPSA) is 30.5 Å². The summed E-state index contributed by atoms with van der Waals surface area (Å²) in [6, 6.07) is 4.30. The van der Waals surface area contributed by atoms with Crippen LogP contribution in [0.5, 0.6) is 5.75 Å². The monoisotopic (exact) mass is 297 g/mol. The van der Waals surface area contributed by atoms with Gasteiger partial charge >= 0.3 is 0 Å². The third kappa shape index (κ3) is 2.75. The SMILES string of the molecule is CCOC1CC(Nc2cc(C)c(Cl)cc2OC)C1(C)C. The molecule has 1 N–H and O–H groups in total. The van der Waals surface area contributed by atoms with Gasteiger partial charge < -0.3 is 14.8 Å². The summed E-state index contributed by atoms with van der Waals surface area (Å²) >= 11 is 6.14. The van der Waals surface area contributed by atoms with E-state index in [0.717, 1.165) is 35.1 Å². The van der Waals surface area contributed by atoms with Crippen LogP contribution in [0.2, 0.25) is 5.02 Å². The summed E-state index contributed by atoms with van der Waals surface area (Å²) in [6.45, 7) is 9.29. The van der Waals surface area contributed by atoms with Crippen LogP contribution in [0.15, 0.2) is 12.1 Å². The number of halogens is 1. The Morgan fingerprint density at radius 2 is 2.10 bits per heavy atom. The molecule has 4 heteroatoms. The van der Waals surface area contributed by atoms with E-state index < -0.39 is 0 Å². The largest absolute Gasteiger partial charge is 0.495 e. The number of nitrogens with one attached hydrogen (secondary N) is 1. The van der Waals surface area contributed by atoms with Gasteiger partial charge in [-0.15, -0.1) is 0 Å². The van der Waals surface area contributed by atoms with Gasteiger partial charge in [0.25, 0.3) is 0 Å². The Labute approximate surface area is 126 Å². The Morgan fingerprint density at radius 1 is 1.40 bits per heavy atom. The molecule has 1 saturated carbocycles. The third-order valence-corrected chi connectivity index (χ3v) is 4.76. The lowest BCUT2D eigenvalue weighted by Crippen LogP contribution is -2.58. The van der Waals surface area contributed by atoms with E-state index in [2.05, 4.69) is 19.2 Å². The second-order valence-electron chi connectivity index (χ2n) is 6.00. The number of rotatable bonds is 5. The van der Waals surface area contributed by atoms with Gasteiger partial charge in [-0.25, -0.2) is 0 Å². The lowest BCUT2D eigenvalue weighted by Gasteiger charge is -2.52. The fraction of sp³-hybridized carbons (Fsp3) is 0.625. The van der Waals surface area contributed by atoms with Crippen LogP contribution in [0, 0.1) is 12.3 Å². The Kier molecular flexibility index (Phi) is 4.50. The van der Waals surface area contributed by atoms with Crippen molar-refractivity contribution < 1.29 is 9.47 Å². The summed E-state index contributed by atoms with van der Waals surface area (Å²) in [5.41, 5.74) is 2.17. The molecule has 0 aromatic heterocycles. The number of methoxy groups -OCH3 is 1. The number of anilines is 1. The summed E-state index contributed by atoms with van der Waals surface area (Å²) in [6.07, 6.45) is 1.34. The van der Waals surface area contributed by atoms with E-state index in [0.29, 0.717) is 12.1 Å². The zero-order valence-electron chi connectivity index (χ0n) is 12.9. The van der Waals surface area contributed by atoms with Crippen molar-refractivity contribution in [2.45, 2.75) is 46.3 Å². The lowest BCUT2D eigenvalue weighted by molar-refractivity contribution is -0.0976. The second kappa shape index (κ2) is 5.82. The van der Waals surface area contributed by atoms with Crippen molar-refractivity contribution in [2.75, 3.05) is 19.0 Å². The fourth-order valence-electron chi connectivity index (χ4n) is 2.75. The van der Waals surface area contributed by atoms with Crippen molar-refractivity contribution in [2.24, 2.45) is 5.41 Å². The van der Waals surface area contributed by atoms with Gasteiger partial charge in [0, 0.05) is 29.2 Å². The zero-order chi connectivity index (χ0) is 14.9. The summed E-state index contributed by atoms with van der Waals surface area (Å²) in [5.74, 6) is 0.788.